The second kappa shape index (κ2) is 35.4. The lowest BCUT2D eigenvalue weighted by atomic mass is 9.84. The van der Waals surface area contributed by atoms with Gasteiger partial charge in [0, 0.05) is 108 Å². The molecule has 85 heavy (non-hydrogen) atoms. The van der Waals surface area contributed by atoms with Gasteiger partial charge >= 0.3 is 6.09 Å². The smallest absolute Gasteiger partial charge is 0.410 e. The van der Waals surface area contributed by atoms with Gasteiger partial charge in [0.1, 0.15) is 47.9 Å². The molecule has 1 saturated heterocycles. The first-order chi connectivity index (χ1) is 39.2. The monoisotopic (exact) mass is 1210 g/mol. The summed E-state index contributed by atoms with van der Waals surface area (Å²) in [5, 5.41) is 8.09. The van der Waals surface area contributed by atoms with Gasteiger partial charge in [-0.1, -0.05) is 76.2 Å². The Morgan fingerprint density at radius 1 is 0.494 bits per heavy atom. The Labute approximate surface area is 511 Å². The number of carbonyl (C=O) groups is 10. The average molecular weight is 1210 g/mol. The topological polar surface area (TPSA) is 251 Å². The highest BCUT2D eigenvalue weighted by atomic mass is 16.6. The third-order valence-corrected chi connectivity index (χ3v) is 16.2. The van der Waals surface area contributed by atoms with Crippen LogP contribution in [0.5, 0.6) is 0 Å². The molecule has 0 spiro atoms. The van der Waals surface area contributed by atoms with Crippen LogP contribution < -0.4 is 16.0 Å². The summed E-state index contributed by atoms with van der Waals surface area (Å²) in [5.41, 5.74) is -0.814. The number of nitrogens with one attached hydrogen (secondary N) is 3. The van der Waals surface area contributed by atoms with Crippen LogP contribution in [0, 0.1) is 41.4 Å². The van der Waals surface area contributed by atoms with Crippen LogP contribution in [0.2, 0.25) is 0 Å². The van der Waals surface area contributed by atoms with E-state index in [1.165, 1.54) is 78.5 Å². The zero-order valence-corrected chi connectivity index (χ0v) is 56.9. The Balaban J connectivity index is 3.51. The highest BCUT2D eigenvalue weighted by Crippen LogP contribution is 2.27. The lowest BCUT2D eigenvalue weighted by Crippen LogP contribution is -2.60. The third-order valence-electron chi connectivity index (χ3n) is 16.2. The lowest BCUT2D eigenvalue weighted by molar-refractivity contribution is -0.153. The molecule has 1 aliphatic rings. The van der Waals surface area contributed by atoms with Crippen LogP contribution >= 0.6 is 0 Å². The fourth-order valence-electron chi connectivity index (χ4n) is 11.0. The fourth-order valence-corrected chi connectivity index (χ4v) is 11.0. The van der Waals surface area contributed by atoms with Crippen molar-refractivity contribution in [3.05, 3.63) is 0 Å². The number of amides is 9. The second-order valence-electron chi connectivity index (χ2n) is 26.8. The summed E-state index contributed by atoms with van der Waals surface area (Å²) in [6, 6.07) is -8.23. The molecule has 10 atom stereocenters. The molecule has 3 unspecified atom stereocenters. The molecular weight excluding hydrogens is 1090 g/mol. The summed E-state index contributed by atoms with van der Waals surface area (Å²) >= 11 is 0. The average Bonchev–Trinajstić information content (AvgIpc) is 3.60. The first kappa shape index (κ1) is 77.6. The van der Waals surface area contributed by atoms with Gasteiger partial charge in [0.05, 0.1) is 12.6 Å². The van der Waals surface area contributed by atoms with E-state index in [0.717, 1.165) is 32.7 Å². The molecule has 1 fully saturated rings. The number of ether oxygens (including phenoxy) is 2. The zero-order chi connectivity index (χ0) is 65.9. The number of likely N-dealkylation sites (N-methyl/N-ethyl adjacent to an activating group) is 7. The maximum absolute atomic E-state index is 15.0. The van der Waals surface area contributed by atoms with Crippen molar-refractivity contribution in [3.63, 3.8) is 0 Å². The van der Waals surface area contributed by atoms with Crippen molar-refractivity contribution >= 4 is 59.1 Å². The molecule has 0 aromatic carbocycles. The van der Waals surface area contributed by atoms with Gasteiger partial charge < -0.3 is 54.8 Å². The molecule has 0 bridgehead atoms. The molecule has 23 heteroatoms. The number of Topliss-reactive ketones (excluding diaryl/α,β-unsaturated/α-hetero) is 1. The molecule has 0 aromatic rings. The van der Waals surface area contributed by atoms with Gasteiger partial charge in [0.25, 0.3) is 0 Å². The van der Waals surface area contributed by atoms with Crippen molar-refractivity contribution in [2.45, 2.75) is 197 Å². The van der Waals surface area contributed by atoms with E-state index in [9.17, 15) is 47.9 Å². The molecule has 1 aliphatic heterocycles. The van der Waals surface area contributed by atoms with Crippen LogP contribution in [0.25, 0.3) is 0 Å². The number of hydrogen-bond donors (Lipinski definition) is 3. The Morgan fingerprint density at radius 2 is 0.929 bits per heavy atom. The normalized spacial score (nSPS) is 16.9. The molecule has 0 aliphatic carbocycles. The number of rotatable bonds is 33. The summed E-state index contributed by atoms with van der Waals surface area (Å²) < 4.78 is 10.8. The van der Waals surface area contributed by atoms with Crippen LogP contribution in [0.15, 0.2) is 0 Å². The van der Waals surface area contributed by atoms with Crippen LogP contribution in [-0.2, 0) is 52.6 Å². The standard InChI is InChI=1S/C62H115N11O12/c1-37(2)32-47(54(76)64-43(12)53(75)65-44(13)56(78)68(21)48(33-38(3)4)59(81)69(22)49(34-39(5)6)60(82)70(23)51(41(9)10)55(77)63-18)67(20)58(80)46(40(7)8)35-50(74)52(42(11)36-73-28-26-72(27-29-73)30-31-84-25)71(24)57(79)45(14)66(19)61(83)85-62(15,16)17/h37-49,51-52H,26-36H2,1-25H3,(H,63,77)(H,64,76)(H,65,75)/t42-,43?,44-,45-,46?,47+,48+,49?,51+,52+/m1/s1. The van der Waals surface area contributed by atoms with Crippen LogP contribution in [-0.4, -0.2) is 255 Å². The Morgan fingerprint density at radius 3 is 1.38 bits per heavy atom. The molecule has 1 rings (SSSR count). The molecular formula is C62H115N11O12. The quantitative estimate of drug-likeness (QED) is 0.0839. The van der Waals surface area contributed by atoms with E-state index in [-0.39, 0.29) is 54.6 Å². The van der Waals surface area contributed by atoms with Crippen molar-refractivity contribution in [1.82, 2.24) is 55.1 Å². The molecule has 0 radical (unpaired) electrons. The summed E-state index contributed by atoms with van der Waals surface area (Å²) in [4.78, 5) is 154. The lowest BCUT2D eigenvalue weighted by Gasteiger charge is -2.40. The minimum atomic E-state index is -1.20. The van der Waals surface area contributed by atoms with Gasteiger partial charge in [-0.15, -0.1) is 0 Å². The minimum Gasteiger partial charge on any atom is -0.444 e. The molecule has 0 saturated carbocycles. The van der Waals surface area contributed by atoms with Gasteiger partial charge in [-0.3, -0.25) is 53.0 Å². The summed E-state index contributed by atoms with van der Waals surface area (Å²) in [6.07, 6.45) is -0.224. The van der Waals surface area contributed by atoms with Gasteiger partial charge in [-0.2, -0.15) is 0 Å². The Bertz CT molecular complexity index is 2210. The van der Waals surface area contributed by atoms with Gasteiger partial charge in [-0.05, 0) is 96.3 Å². The van der Waals surface area contributed by atoms with Crippen molar-refractivity contribution in [2.24, 2.45) is 41.4 Å². The van der Waals surface area contributed by atoms with Gasteiger partial charge in [0.15, 0.2) is 5.78 Å². The first-order valence-electron chi connectivity index (χ1n) is 30.7. The first-order valence-corrected chi connectivity index (χ1v) is 30.7. The van der Waals surface area contributed by atoms with E-state index in [2.05, 4.69) is 25.8 Å². The van der Waals surface area contributed by atoms with E-state index in [1.807, 2.05) is 76.2 Å². The second-order valence-corrected chi connectivity index (χ2v) is 26.8. The number of ketones is 1. The molecule has 0 aromatic heterocycles. The number of methoxy groups -OCH3 is 1. The van der Waals surface area contributed by atoms with E-state index in [4.69, 9.17) is 9.47 Å². The van der Waals surface area contributed by atoms with E-state index in [1.54, 1.807) is 48.9 Å². The SMILES string of the molecule is CNC(=O)[C@H](C(C)C)N(C)C(=O)C(CC(C)C)N(C)C(=O)[C@H](CC(C)C)N(C)C(=O)[C@@H](C)NC(=O)C(C)NC(=O)[C@H](CC(C)C)N(C)C(=O)C(CC(=O)[C@H]([C@H](C)CN1CCN(CCOC)CC1)N(C)C(=O)[C@@H](C)N(C)C(=O)OC(C)(C)C)C(C)C. The Hall–Kier alpha value is -5.42. The van der Waals surface area contributed by atoms with Gasteiger partial charge in [-0.25, -0.2) is 4.79 Å². The highest BCUT2D eigenvalue weighted by molar-refractivity contribution is 5.98. The van der Waals surface area contributed by atoms with Crippen LogP contribution in [0.1, 0.15) is 143 Å². The van der Waals surface area contributed by atoms with Crippen LogP contribution in [0.4, 0.5) is 4.79 Å². The minimum absolute atomic E-state index is 0.0170. The predicted octanol–water partition coefficient (Wildman–Crippen LogP) is 4.06. The largest absolute Gasteiger partial charge is 0.444 e. The Kier molecular flexibility index (Phi) is 32.3. The van der Waals surface area contributed by atoms with Crippen molar-refractivity contribution < 1.29 is 57.4 Å². The molecule has 3 N–H and O–H groups in total. The number of carbonyl (C=O) groups excluding carboxylic acids is 10. The fraction of sp³-hybridized carbons (Fsp3) is 0.839. The van der Waals surface area contributed by atoms with Gasteiger partial charge in [0.2, 0.25) is 47.3 Å². The third kappa shape index (κ3) is 23.7. The highest BCUT2D eigenvalue weighted by Gasteiger charge is 2.43. The van der Waals surface area contributed by atoms with E-state index < -0.39 is 119 Å². The van der Waals surface area contributed by atoms with Crippen molar-refractivity contribution in [2.75, 3.05) is 102 Å². The van der Waals surface area contributed by atoms with Crippen molar-refractivity contribution in [3.8, 4) is 0 Å². The molecule has 23 nitrogen and oxygen atoms in total. The van der Waals surface area contributed by atoms with Crippen molar-refractivity contribution in [1.29, 1.82) is 0 Å². The van der Waals surface area contributed by atoms with E-state index >= 15 is 0 Å². The van der Waals surface area contributed by atoms with E-state index in [0.29, 0.717) is 19.6 Å². The summed E-state index contributed by atoms with van der Waals surface area (Å²) in [6.45, 7) is 35.4. The molecule has 1 heterocycles. The predicted molar refractivity (Wildman–Crippen MR) is 331 cm³/mol. The van der Waals surface area contributed by atoms with Crippen LogP contribution in [0.3, 0.4) is 0 Å². The number of piperazine rings is 1. The zero-order valence-electron chi connectivity index (χ0n) is 56.9. The maximum Gasteiger partial charge on any atom is 0.410 e. The summed E-state index contributed by atoms with van der Waals surface area (Å²) in [5.74, 6) is -6.59. The number of hydrogen-bond acceptors (Lipinski definition) is 14. The maximum atomic E-state index is 15.0. The molecule has 490 valence electrons. The molecule has 9 amide bonds. The number of nitrogens with zero attached hydrogens (tertiary/aromatic N) is 8. The summed E-state index contributed by atoms with van der Waals surface area (Å²) in [7, 11) is 12.3.